The zero-order valence-corrected chi connectivity index (χ0v) is 6.85. The Morgan fingerprint density at radius 3 is 2.17 bits per heavy atom. The summed E-state index contributed by atoms with van der Waals surface area (Å²) in [5, 5.41) is 0. The van der Waals surface area contributed by atoms with Crippen molar-refractivity contribution >= 4 is 0 Å². The first-order chi connectivity index (χ1) is 5.56. The summed E-state index contributed by atoms with van der Waals surface area (Å²) >= 11 is 0. The molecule has 2 N–H and O–H groups in total. The smallest absolute Gasteiger partial charge is 0.285 e. The maximum absolute atomic E-state index is 12.9. The van der Waals surface area contributed by atoms with E-state index < -0.39 is 12.5 Å². The molecule has 12 heavy (non-hydrogen) atoms. The lowest BCUT2D eigenvalue weighted by atomic mass is 10.1. The number of alkyl halides is 2. The van der Waals surface area contributed by atoms with Gasteiger partial charge in [0.1, 0.15) is 0 Å². The summed E-state index contributed by atoms with van der Waals surface area (Å²) in [6.45, 7) is 1.21. The van der Waals surface area contributed by atoms with Crippen molar-refractivity contribution in [2.24, 2.45) is 5.73 Å². The normalized spacial score (nSPS) is 11.7. The summed E-state index contributed by atoms with van der Waals surface area (Å²) in [4.78, 5) is 0. The van der Waals surface area contributed by atoms with Gasteiger partial charge >= 0.3 is 0 Å². The number of halogens is 2. The maximum Gasteiger partial charge on any atom is 0.285 e. The first-order valence-electron chi connectivity index (χ1n) is 3.71. The Morgan fingerprint density at radius 1 is 1.25 bits per heavy atom. The molecule has 0 aliphatic heterocycles. The van der Waals surface area contributed by atoms with Crippen LogP contribution in [0, 0.1) is 6.92 Å². The minimum Gasteiger partial charge on any atom is -0.325 e. The molecule has 0 unspecified atom stereocenters. The molecule has 0 bridgehead atoms. The number of rotatable bonds is 2. The molecule has 0 amide bonds. The third-order valence-electron chi connectivity index (χ3n) is 1.73. The van der Waals surface area contributed by atoms with Gasteiger partial charge < -0.3 is 5.73 Å². The lowest BCUT2D eigenvalue weighted by molar-refractivity contribution is 0.00595. The third-order valence-corrected chi connectivity index (χ3v) is 1.73. The predicted molar refractivity (Wildman–Crippen MR) is 44.1 cm³/mol. The Bertz CT molecular complexity index is 254. The van der Waals surface area contributed by atoms with Gasteiger partial charge in [-0.1, -0.05) is 29.8 Å². The number of hydrogen-bond acceptors (Lipinski definition) is 1. The molecule has 0 saturated carbocycles. The molecule has 66 valence electrons. The first-order valence-corrected chi connectivity index (χ1v) is 3.71. The highest BCUT2D eigenvalue weighted by molar-refractivity contribution is 5.25. The molecule has 0 aliphatic carbocycles. The Balaban J connectivity index is 2.96. The van der Waals surface area contributed by atoms with Crippen LogP contribution in [0.2, 0.25) is 0 Å². The summed E-state index contributed by atoms with van der Waals surface area (Å²) in [6, 6.07) is 6.11. The van der Waals surface area contributed by atoms with E-state index in [9.17, 15) is 8.78 Å². The molecule has 0 radical (unpaired) electrons. The van der Waals surface area contributed by atoms with Crippen LogP contribution >= 0.6 is 0 Å². The van der Waals surface area contributed by atoms with Gasteiger partial charge in [-0.15, -0.1) is 0 Å². The molecule has 1 rings (SSSR count). The Morgan fingerprint density at radius 2 is 1.75 bits per heavy atom. The van der Waals surface area contributed by atoms with Gasteiger partial charge in [0.2, 0.25) is 0 Å². The van der Waals surface area contributed by atoms with Crippen molar-refractivity contribution in [3.8, 4) is 0 Å². The molecule has 0 saturated heterocycles. The molecule has 1 aromatic carbocycles. The van der Waals surface area contributed by atoms with Crippen LogP contribution in [0.5, 0.6) is 0 Å². The Labute approximate surface area is 70.2 Å². The van der Waals surface area contributed by atoms with Gasteiger partial charge in [0, 0.05) is 5.56 Å². The van der Waals surface area contributed by atoms with Crippen LogP contribution in [0.1, 0.15) is 11.1 Å². The van der Waals surface area contributed by atoms with E-state index in [0.717, 1.165) is 5.56 Å². The molecule has 0 atom stereocenters. The van der Waals surface area contributed by atoms with Crippen molar-refractivity contribution in [3.05, 3.63) is 35.4 Å². The van der Waals surface area contributed by atoms with E-state index >= 15 is 0 Å². The average Bonchev–Trinajstić information content (AvgIpc) is 2.05. The topological polar surface area (TPSA) is 26.0 Å². The third kappa shape index (κ3) is 1.80. The van der Waals surface area contributed by atoms with Gasteiger partial charge in [0.25, 0.3) is 5.92 Å². The zero-order chi connectivity index (χ0) is 9.19. The van der Waals surface area contributed by atoms with Gasteiger partial charge in [0.05, 0.1) is 6.54 Å². The maximum atomic E-state index is 12.9. The van der Waals surface area contributed by atoms with E-state index in [1.807, 2.05) is 6.92 Å². The molecule has 3 heteroatoms. The molecule has 1 aromatic rings. The van der Waals surface area contributed by atoms with Gasteiger partial charge in [0.15, 0.2) is 0 Å². The molecule has 0 aromatic heterocycles. The second kappa shape index (κ2) is 3.19. The fourth-order valence-electron chi connectivity index (χ4n) is 0.915. The molecule has 0 fully saturated rings. The van der Waals surface area contributed by atoms with Crippen LogP contribution in [0.3, 0.4) is 0 Å². The van der Waals surface area contributed by atoms with Gasteiger partial charge in [-0.05, 0) is 6.92 Å². The van der Waals surface area contributed by atoms with Crippen LogP contribution in [0.15, 0.2) is 24.3 Å². The fraction of sp³-hybridized carbons (Fsp3) is 0.333. The van der Waals surface area contributed by atoms with E-state index in [1.54, 1.807) is 12.1 Å². The van der Waals surface area contributed by atoms with E-state index in [0.29, 0.717) is 0 Å². The SMILES string of the molecule is Cc1ccc(C(F)(F)CN)cc1. The zero-order valence-electron chi connectivity index (χ0n) is 6.85. The van der Waals surface area contributed by atoms with Gasteiger partial charge in [-0.2, -0.15) is 8.78 Å². The lowest BCUT2D eigenvalue weighted by Crippen LogP contribution is -2.24. The van der Waals surface area contributed by atoms with Crippen molar-refractivity contribution < 1.29 is 8.78 Å². The standard InChI is InChI=1S/C9H11F2N/c1-7-2-4-8(5-3-7)9(10,11)6-12/h2-5H,6,12H2,1H3. The van der Waals surface area contributed by atoms with Crippen LogP contribution in [0.4, 0.5) is 8.78 Å². The van der Waals surface area contributed by atoms with Crippen LogP contribution in [-0.2, 0) is 5.92 Å². The summed E-state index contributed by atoms with van der Waals surface area (Å²) < 4.78 is 25.8. The number of benzene rings is 1. The lowest BCUT2D eigenvalue weighted by Gasteiger charge is -2.13. The highest BCUT2D eigenvalue weighted by Crippen LogP contribution is 2.26. The van der Waals surface area contributed by atoms with Gasteiger partial charge in [-0.3, -0.25) is 0 Å². The molecular formula is C9H11F2N. The summed E-state index contributed by atoms with van der Waals surface area (Å²) in [5.41, 5.74) is 5.87. The number of aryl methyl sites for hydroxylation is 1. The second-order valence-electron chi connectivity index (χ2n) is 2.77. The second-order valence-corrected chi connectivity index (χ2v) is 2.77. The van der Waals surface area contributed by atoms with Crippen molar-refractivity contribution in [2.45, 2.75) is 12.8 Å². The van der Waals surface area contributed by atoms with Crippen LogP contribution < -0.4 is 5.73 Å². The number of nitrogens with two attached hydrogens (primary N) is 1. The van der Waals surface area contributed by atoms with E-state index in [1.165, 1.54) is 12.1 Å². The number of hydrogen-bond donors (Lipinski definition) is 1. The van der Waals surface area contributed by atoms with Crippen LogP contribution in [0.25, 0.3) is 0 Å². The highest BCUT2D eigenvalue weighted by atomic mass is 19.3. The van der Waals surface area contributed by atoms with Crippen molar-refractivity contribution in [1.29, 1.82) is 0 Å². The van der Waals surface area contributed by atoms with Crippen LogP contribution in [-0.4, -0.2) is 6.54 Å². The highest BCUT2D eigenvalue weighted by Gasteiger charge is 2.28. The first kappa shape index (κ1) is 9.13. The van der Waals surface area contributed by atoms with Crippen molar-refractivity contribution in [3.63, 3.8) is 0 Å². The van der Waals surface area contributed by atoms with Crippen molar-refractivity contribution in [2.75, 3.05) is 6.54 Å². The quantitative estimate of drug-likeness (QED) is 0.724. The van der Waals surface area contributed by atoms with E-state index in [-0.39, 0.29) is 5.56 Å². The summed E-state index contributed by atoms with van der Waals surface area (Å²) in [6.07, 6.45) is 0. The molecule has 0 aliphatic rings. The minimum absolute atomic E-state index is 0.0180. The molecule has 1 nitrogen and oxygen atoms in total. The monoisotopic (exact) mass is 171 g/mol. The molecule has 0 spiro atoms. The Hall–Kier alpha value is -0.960. The van der Waals surface area contributed by atoms with Crippen molar-refractivity contribution in [1.82, 2.24) is 0 Å². The summed E-state index contributed by atoms with van der Waals surface area (Å²) in [7, 11) is 0. The average molecular weight is 171 g/mol. The Kier molecular flexibility index (Phi) is 2.43. The van der Waals surface area contributed by atoms with Gasteiger partial charge in [-0.25, -0.2) is 0 Å². The summed E-state index contributed by atoms with van der Waals surface area (Å²) in [5.74, 6) is -2.90. The minimum atomic E-state index is -2.90. The largest absolute Gasteiger partial charge is 0.325 e. The molecule has 0 heterocycles. The predicted octanol–water partition coefficient (Wildman–Crippen LogP) is 2.05. The van der Waals surface area contributed by atoms with E-state index in [4.69, 9.17) is 5.73 Å². The van der Waals surface area contributed by atoms with E-state index in [2.05, 4.69) is 0 Å². The molecular weight excluding hydrogens is 160 g/mol. The fourth-order valence-corrected chi connectivity index (χ4v) is 0.915.